The number of rotatable bonds is 12. The van der Waals surface area contributed by atoms with E-state index in [2.05, 4.69) is 13.2 Å². The van der Waals surface area contributed by atoms with Gasteiger partial charge in [-0.3, -0.25) is 14.4 Å². The first kappa shape index (κ1) is 28.4. The van der Waals surface area contributed by atoms with Gasteiger partial charge in [-0.15, -0.1) is 24.9 Å². The van der Waals surface area contributed by atoms with Crippen LogP contribution < -0.4 is 4.90 Å². The minimum atomic E-state index is -0.804. The molecule has 2 aromatic carbocycles. The van der Waals surface area contributed by atoms with Crippen LogP contribution in [0.15, 0.2) is 67.8 Å². The highest BCUT2D eigenvalue weighted by molar-refractivity contribution is 8.02. The minimum absolute atomic E-state index is 0.0685. The van der Waals surface area contributed by atoms with Crippen molar-refractivity contribution in [2.24, 2.45) is 11.8 Å². The van der Waals surface area contributed by atoms with Crippen LogP contribution in [0.2, 0.25) is 0 Å². The Morgan fingerprint density at radius 2 is 2.00 bits per heavy atom. The molecule has 3 aliphatic rings. The van der Waals surface area contributed by atoms with Crippen LogP contribution in [-0.4, -0.2) is 69.6 Å². The van der Waals surface area contributed by atoms with Crippen molar-refractivity contribution in [2.45, 2.75) is 61.1 Å². The van der Waals surface area contributed by atoms with Gasteiger partial charge in [0.1, 0.15) is 6.04 Å². The number of fused-ring (bicyclic) bond motifs is 2. The van der Waals surface area contributed by atoms with Crippen LogP contribution in [0.3, 0.4) is 0 Å². The van der Waals surface area contributed by atoms with Gasteiger partial charge in [-0.2, -0.15) is 0 Å². The van der Waals surface area contributed by atoms with Crippen LogP contribution in [0.25, 0.3) is 10.8 Å². The SMILES string of the molecule is C=CCCCOC(=O)[C@@H]1[C@@H]2CCC3(S2)C(C(=O)N(CC=C)c2ccc4ccccc4c2)N([C@@H](CC)CO)C(=O)[C@H]13. The standard InChI is InChI=1S/C32H38N2O5S/c1-4-7-10-18-39-31(38)26-25-15-16-32(40-25)27(26)29(36)34(23(6-3)20-35)28(32)30(37)33(17-5-2)24-14-13-21-11-8-9-12-22(21)19-24/h4-5,8-9,11-14,19,23,25-28,35H,1-2,6-7,10,15-18,20H2,3H3/t23-,25-,26+,27-,28?,32?/m0/s1. The fourth-order valence-electron chi connectivity index (χ4n) is 6.89. The van der Waals surface area contributed by atoms with Gasteiger partial charge in [0.05, 0.1) is 35.8 Å². The molecule has 7 nitrogen and oxygen atoms in total. The van der Waals surface area contributed by atoms with Crippen molar-refractivity contribution in [3.63, 3.8) is 0 Å². The summed E-state index contributed by atoms with van der Waals surface area (Å²) in [4.78, 5) is 45.6. The number of unbranched alkanes of at least 4 members (excludes halogenated alkanes) is 1. The zero-order chi connectivity index (χ0) is 28.4. The van der Waals surface area contributed by atoms with E-state index in [-0.39, 0.29) is 42.8 Å². The van der Waals surface area contributed by atoms with Crippen LogP contribution in [0, 0.1) is 11.8 Å². The maximum absolute atomic E-state index is 14.7. The zero-order valence-corrected chi connectivity index (χ0v) is 23.9. The summed E-state index contributed by atoms with van der Waals surface area (Å²) in [5.41, 5.74) is 0.726. The number of esters is 1. The van der Waals surface area contributed by atoms with Crippen molar-refractivity contribution in [1.82, 2.24) is 4.90 Å². The summed E-state index contributed by atoms with van der Waals surface area (Å²) < 4.78 is 4.90. The zero-order valence-electron chi connectivity index (χ0n) is 23.0. The monoisotopic (exact) mass is 562 g/mol. The molecule has 0 radical (unpaired) electrons. The summed E-state index contributed by atoms with van der Waals surface area (Å²) in [5.74, 6) is -2.03. The molecule has 2 aromatic rings. The van der Waals surface area contributed by atoms with Gasteiger partial charge in [-0.05, 0) is 55.0 Å². The van der Waals surface area contributed by atoms with Gasteiger partial charge in [0.15, 0.2) is 0 Å². The van der Waals surface area contributed by atoms with E-state index < -0.39 is 28.7 Å². The molecular formula is C32H38N2O5S. The molecule has 3 saturated heterocycles. The number of ether oxygens (including phenoxy) is 1. The third kappa shape index (κ3) is 4.65. The van der Waals surface area contributed by atoms with Gasteiger partial charge in [0.25, 0.3) is 5.91 Å². The molecule has 212 valence electrons. The molecule has 40 heavy (non-hydrogen) atoms. The molecule has 2 bridgehead atoms. The number of hydrogen-bond donors (Lipinski definition) is 1. The second-order valence-corrected chi connectivity index (χ2v) is 12.5. The number of benzene rings is 2. The maximum Gasteiger partial charge on any atom is 0.310 e. The first-order chi connectivity index (χ1) is 19.4. The van der Waals surface area contributed by atoms with Crippen molar-refractivity contribution >= 4 is 46.0 Å². The van der Waals surface area contributed by atoms with E-state index in [1.807, 2.05) is 49.4 Å². The number of thioether (sulfide) groups is 1. The van der Waals surface area contributed by atoms with Gasteiger partial charge < -0.3 is 19.6 Å². The Kier molecular flexibility index (Phi) is 8.38. The predicted octanol–water partition coefficient (Wildman–Crippen LogP) is 4.73. The molecule has 1 N–H and O–H groups in total. The van der Waals surface area contributed by atoms with Crippen molar-refractivity contribution in [3.05, 3.63) is 67.8 Å². The molecule has 2 unspecified atom stereocenters. The first-order valence-corrected chi connectivity index (χ1v) is 15.1. The number of aliphatic hydroxyl groups excluding tert-OH is 1. The quantitative estimate of drug-likeness (QED) is 0.229. The topological polar surface area (TPSA) is 87.2 Å². The lowest BCUT2D eigenvalue weighted by atomic mass is 9.71. The van der Waals surface area contributed by atoms with Crippen molar-refractivity contribution in [3.8, 4) is 0 Å². The molecule has 0 aliphatic carbocycles. The number of carbonyl (C=O) groups is 3. The molecule has 0 saturated carbocycles. The Labute approximate surface area is 240 Å². The molecular weight excluding hydrogens is 524 g/mol. The molecule has 3 fully saturated rings. The van der Waals surface area contributed by atoms with Gasteiger partial charge in [-0.25, -0.2) is 0 Å². The number of hydrogen-bond acceptors (Lipinski definition) is 6. The maximum atomic E-state index is 14.7. The Morgan fingerprint density at radius 3 is 2.70 bits per heavy atom. The molecule has 3 aliphatic heterocycles. The normalized spacial score (nSPS) is 27.4. The number of anilines is 1. The van der Waals surface area contributed by atoms with Gasteiger partial charge in [0, 0.05) is 17.5 Å². The second kappa shape index (κ2) is 11.8. The minimum Gasteiger partial charge on any atom is -0.465 e. The number of carbonyl (C=O) groups excluding carboxylic acids is 3. The lowest BCUT2D eigenvalue weighted by Gasteiger charge is -2.39. The van der Waals surface area contributed by atoms with E-state index in [4.69, 9.17) is 4.74 Å². The molecule has 6 atom stereocenters. The summed E-state index contributed by atoms with van der Waals surface area (Å²) in [5, 5.41) is 12.3. The van der Waals surface area contributed by atoms with E-state index in [1.165, 1.54) is 0 Å². The molecule has 8 heteroatoms. The predicted molar refractivity (Wildman–Crippen MR) is 159 cm³/mol. The van der Waals surface area contributed by atoms with Crippen molar-refractivity contribution in [2.75, 3.05) is 24.7 Å². The highest BCUT2D eigenvalue weighted by Gasteiger charge is 2.74. The van der Waals surface area contributed by atoms with Gasteiger partial charge in [-0.1, -0.05) is 49.4 Å². The Balaban J connectivity index is 1.53. The Morgan fingerprint density at radius 1 is 1.23 bits per heavy atom. The fraction of sp³-hybridized carbons (Fsp3) is 0.469. The molecule has 3 heterocycles. The number of nitrogens with zero attached hydrogens (tertiary/aromatic N) is 2. The third-order valence-corrected chi connectivity index (χ3v) is 10.7. The number of aliphatic hydroxyl groups is 1. The Hall–Kier alpha value is -3.10. The smallest absolute Gasteiger partial charge is 0.310 e. The molecule has 1 spiro atoms. The second-order valence-electron chi connectivity index (χ2n) is 10.9. The van der Waals surface area contributed by atoms with Crippen LogP contribution in [0.1, 0.15) is 39.0 Å². The lowest BCUT2D eigenvalue weighted by Crippen LogP contribution is -2.57. The number of amides is 2. The largest absolute Gasteiger partial charge is 0.465 e. The third-order valence-electron chi connectivity index (χ3n) is 8.74. The average Bonchev–Trinajstić information content (AvgIpc) is 3.62. The molecule has 0 aromatic heterocycles. The highest BCUT2D eigenvalue weighted by atomic mass is 32.2. The fourth-order valence-corrected chi connectivity index (χ4v) is 9.07. The van der Waals surface area contributed by atoms with E-state index in [1.54, 1.807) is 33.7 Å². The summed E-state index contributed by atoms with van der Waals surface area (Å²) in [7, 11) is 0. The Bertz CT molecular complexity index is 1310. The van der Waals surface area contributed by atoms with E-state index in [0.717, 1.165) is 29.3 Å². The van der Waals surface area contributed by atoms with Crippen molar-refractivity contribution < 1.29 is 24.2 Å². The molecule has 5 rings (SSSR count). The van der Waals surface area contributed by atoms with Gasteiger partial charge in [0.2, 0.25) is 5.91 Å². The van der Waals surface area contributed by atoms with Crippen LogP contribution in [-0.2, 0) is 19.1 Å². The number of allylic oxidation sites excluding steroid dienone is 1. The first-order valence-electron chi connectivity index (χ1n) is 14.2. The van der Waals surface area contributed by atoms with Crippen LogP contribution in [0.5, 0.6) is 0 Å². The highest BCUT2D eigenvalue weighted by Crippen LogP contribution is 2.67. The van der Waals surface area contributed by atoms with Gasteiger partial charge >= 0.3 is 5.97 Å². The summed E-state index contributed by atoms with van der Waals surface area (Å²) in [6, 6.07) is 12.5. The van der Waals surface area contributed by atoms with E-state index >= 15 is 0 Å². The van der Waals surface area contributed by atoms with E-state index in [9.17, 15) is 19.5 Å². The average molecular weight is 563 g/mol. The summed E-state index contributed by atoms with van der Waals surface area (Å²) in [6.07, 6.45) is 6.80. The summed E-state index contributed by atoms with van der Waals surface area (Å²) >= 11 is 1.61. The van der Waals surface area contributed by atoms with E-state index in [0.29, 0.717) is 19.3 Å². The summed E-state index contributed by atoms with van der Waals surface area (Å²) in [6.45, 7) is 9.82. The molecule has 2 amide bonds. The number of likely N-dealkylation sites (tertiary alicyclic amines) is 1. The van der Waals surface area contributed by atoms with Crippen molar-refractivity contribution in [1.29, 1.82) is 0 Å². The lowest BCUT2D eigenvalue weighted by molar-refractivity contribution is -0.154. The van der Waals surface area contributed by atoms with Crippen LogP contribution >= 0.6 is 11.8 Å². The van der Waals surface area contributed by atoms with Crippen LogP contribution in [0.4, 0.5) is 5.69 Å².